The van der Waals surface area contributed by atoms with Gasteiger partial charge in [0.15, 0.2) is 0 Å². The van der Waals surface area contributed by atoms with Crippen LogP contribution < -0.4 is 4.90 Å². The van der Waals surface area contributed by atoms with Crippen molar-refractivity contribution in [2.45, 2.75) is 12.5 Å². The maximum absolute atomic E-state index is 12.9. The van der Waals surface area contributed by atoms with Crippen LogP contribution >= 0.6 is 0 Å². The van der Waals surface area contributed by atoms with Crippen molar-refractivity contribution in [1.82, 2.24) is 0 Å². The zero-order valence-corrected chi connectivity index (χ0v) is 7.98. The normalized spacial score (nSPS) is 20.7. The Morgan fingerprint density at radius 1 is 1.19 bits per heavy atom. The molecule has 6 heteroatoms. The molecule has 1 aliphatic heterocycles. The van der Waals surface area contributed by atoms with E-state index >= 15 is 0 Å². The molecule has 1 heterocycles. The molecule has 1 fully saturated rings. The summed E-state index contributed by atoms with van der Waals surface area (Å²) in [5.41, 5.74) is -0.205. The van der Waals surface area contributed by atoms with E-state index in [2.05, 4.69) is 0 Å². The van der Waals surface area contributed by atoms with Crippen molar-refractivity contribution in [2.24, 2.45) is 0 Å². The summed E-state index contributed by atoms with van der Waals surface area (Å²) in [4.78, 5) is 23.2. The quantitative estimate of drug-likeness (QED) is 0.714. The van der Waals surface area contributed by atoms with E-state index < -0.39 is 29.6 Å². The fraction of sp³-hybridized carbons (Fsp3) is 0.200. The highest BCUT2D eigenvalue weighted by Crippen LogP contribution is 2.24. The van der Waals surface area contributed by atoms with Crippen LogP contribution in [0.15, 0.2) is 18.2 Å². The van der Waals surface area contributed by atoms with Gasteiger partial charge in [-0.1, -0.05) is 0 Å². The summed E-state index contributed by atoms with van der Waals surface area (Å²) in [6.07, 6.45) is -1.80. The lowest BCUT2D eigenvalue weighted by Crippen LogP contribution is -2.31. The lowest BCUT2D eigenvalue weighted by molar-refractivity contribution is -0.124. The number of aliphatic hydroxyl groups excluding tert-OH is 1. The van der Waals surface area contributed by atoms with Gasteiger partial charge >= 0.3 is 0 Å². The minimum absolute atomic E-state index is 0.205. The van der Waals surface area contributed by atoms with E-state index in [9.17, 15) is 18.4 Å². The number of carbonyl (C=O) groups is 2. The summed E-state index contributed by atoms with van der Waals surface area (Å²) in [6, 6.07) is 2.35. The Kier molecular flexibility index (Phi) is 2.43. The Morgan fingerprint density at radius 3 is 2.19 bits per heavy atom. The largest absolute Gasteiger partial charge is 0.383 e. The van der Waals surface area contributed by atoms with Crippen molar-refractivity contribution >= 4 is 17.5 Å². The Hall–Kier alpha value is -1.82. The highest BCUT2D eigenvalue weighted by molar-refractivity contribution is 6.21. The van der Waals surface area contributed by atoms with E-state index in [0.29, 0.717) is 11.0 Å². The highest BCUT2D eigenvalue weighted by atomic mass is 19.1. The van der Waals surface area contributed by atoms with Crippen LogP contribution in [0.5, 0.6) is 0 Å². The molecule has 1 aromatic rings. The summed E-state index contributed by atoms with van der Waals surface area (Å²) in [5, 5.41) is 9.14. The van der Waals surface area contributed by atoms with Gasteiger partial charge in [0.2, 0.25) is 5.91 Å². The topological polar surface area (TPSA) is 57.6 Å². The summed E-state index contributed by atoms with van der Waals surface area (Å²) in [6.45, 7) is 0. The molecule has 1 atom stereocenters. The Balaban J connectivity index is 2.44. The van der Waals surface area contributed by atoms with Crippen molar-refractivity contribution in [3.63, 3.8) is 0 Å². The first-order valence-corrected chi connectivity index (χ1v) is 4.50. The van der Waals surface area contributed by atoms with Gasteiger partial charge in [0.1, 0.15) is 17.7 Å². The van der Waals surface area contributed by atoms with E-state index in [4.69, 9.17) is 5.11 Å². The number of carbonyl (C=O) groups excluding carboxylic acids is 2. The fourth-order valence-corrected chi connectivity index (χ4v) is 1.56. The first-order chi connectivity index (χ1) is 7.49. The molecular formula is C10H7F2NO3. The summed E-state index contributed by atoms with van der Waals surface area (Å²) in [7, 11) is 0. The smallest absolute Gasteiger partial charge is 0.263 e. The summed E-state index contributed by atoms with van der Waals surface area (Å²) in [5.74, 6) is -3.33. The first-order valence-electron chi connectivity index (χ1n) is 4.50. The maximum atomic E-state index is 12.9. The van der Waals surface area contributed by atoms with Gasteiger partial charge in [0, 0.05) is 6.07 Å². The highest BCUT2D eigenvalue weighted by Gasteiger charge is 2.38. The van der Waals surface area contributed by atoms with Crippen LogP contribution in [0.25, 0.3) is 0 Å². The lowest BCUT2D eigenvalue weighted by atomic mass is 10.2. The number of hydrogen-bond acceptors (Lipinski definition) is 3. The van der Waals surface area contributed by atoms with Crippen LogP contribution in [-0.2, 0) is 9.59 Å². The molecule has 0 bridgehead atoms. The van der Waals surface area contributed by atoms with E-state index in [-0.39, 0.29) is 12.1 Å². The van der Waals surface area contributed by atoms with Gasteiger partial charge in [-0.05, 0) is 12.1 Å². The predicted octanol–water partition coefficient (Wildman–Crippen LogP) is 0.589. The number of imide groups is 1. The Morgan fingerprint density at radius 2 is 1.75 bits per heavy atom. The number of rotatable bonds is 1. The zero-order chi connectivity index (χ0) is 11.9. The van der Waals surface area contributed by atoms with Crippen molar-refractivity contribution < 1.29 is 23.5 Å². The van der Waals surface area contributed by atoms with Gasteiger partial charge in [-0.25, -0.2) is 13.7 Å². The van der Waals surface area contributed by atoms with E-state index in [1.807, 2.05) is 0 Å². The van der Waals surface area contributed by atoms with Gasteiger partial charge in [-0.2, -0.15) is 0 Å². The average Bonchev–Trinajstić information content (AvgIpc) is 2.39. The number of nitrogens with zero attached hydrogens (tertiary/aromatic N) is 1. The maximum Gasteiger partial charge on any atom is 0.263 e. The number of benzene rings is 1. The lowest BCUT2D eigenvalue weighted by Gasteiger charge is -2.13. The third-order valence-corrected chi connectivity index (χ3v) is 2.23. The van der Waals surface area contributed by atoms with Crippen LogP contribution in [0.1, 0.15) is 6.42 Å². The molecule has 84 valence electrons. The zero-order valence-electron chi connectivity index (χ0n) is 7.98. The molecule has 1 aliphatic rings. The molecule has 0 saturated carbocycles. The van der Waals surface area contributed by atoms with Crippen molar-refractivity contribution in [2.75, 3.05) is 4.90 Å². The molecular weight excluding hydrogens is 220 g/mol. The second-order valence-corrected chi connectivity index (χ2v) is 3.41. The van der Waals surface area contributed by atoms with Crippen molar-refractivity contribution in [3.05, 3.63) is 29.8 Å². The number of aliphatic hydroxyl groups is 1. The third kappa shape index (κ3) is 1.67. The second-order valence-electron chi connectivity index (χ2n) is 3.41. The molecule has 1 unspecified atom stereocenters. The predicted molar refractivity (Wildman–Crippen MR) is 49.5 cm³/mol. The molecule has 1 saturated heterocycles. The Labute approximate surface area is 89.1 Å². The average molecular weight is 227 g/mol. The van der Waals surface area contributed by atoms with Crippen LogP contribution in [-0.4, -0.2) is 23.0 Å². The molecule has 0 aromatic heterocycles. The van der Waals surface area contributed by atoms with Crippen molar-refractivity contribution in [3.8, 4) is 0 Å². The molecule has 1 N–H and O–H groups in total. The SMILES string of the molecule is O=C1CC(O)C(=O)N1c1cc(F)cc(F)c1. The summed E-state index contributed by atoms with van der Waals surface area (Å²) >= 11 is 0. The standard InChI is InChI=1S/C10H7F2NO3/c11-5-1-6(12)3-7(2-5)13-9(15)4-8(14)10(13)16/h1-3,8,14H,4H2. The molecule has 0 radical (unpaired) electrons. The molecule has 1 aromatic carbocycles. The van der Waals surface area contributed by atoms with Crippen LogP contribution in [0.2, 0.25) is 0 Å². The Bertz CT molecular complexity index is 455. The summed E-state index contributed by atoms with van der Waals surface area (Å²) < 4.78 is 25.8. The number of amides is 2. The van der Waals surface area contributed by atoms with Gasteiger partial charge < -0.3 is 5.11 Å². The molecule has 16 heavy (non-hydrogen) atoms. The van der Waals surface area contributed by atoms with E-state index in [1.54, 1.807) is 0 Å². The molecule has 2 rings (SSSR count). The van der Waals surface area contributed by atoms with E-state index in [1.165, 1.54) is 0 Å². The van der Waals surface area contributed by atoms with Gasteiger partial charge in [0.05, 0.1) is 12.1 Å². The molecule has 0 aliphatic carbocycles. The van der Waals surface area contributed by atoms with Crippen molar-refractivity contribution in [1.29, 1.82) is 0 Å². The number of hydrogen-bond donors (Lipinski definition) is 1. The third-order valence-electron chi connectivity index (χ3n) is 2.23. The number of anilines is 1. The van der Waals surface area contributed by atoms with Gasteiger partial charge in [-0.3, -0.25) is 9.59 Å². The van der Waals surface area contributed by atoms with Crippen LogP contribution in [0, 0.1) is 11.6 Å². The van der Waals surface area contributed by atoms with Gasteiger partial charge in [-0.15, -0.1) is 0 Å². The minimum Gasteiger partial charge on any atom is -0.383 e. The van der Waals surface area contributed by atoms with Crippen LogP contribution in [0.3, 0.4) is 0 Å². The molecule has 2 amide bonds. The van der Waals surface area contributed by atoms with Crippen LogP contribution in [0.4, 0.5) is 14.5 Å². The first kappa shape index (κ1) is 10.7. The fourth-order valence-electron chi connectivity index (χ4n) is 1.56. The monoisotopic (exact) mass is 227 g/mol. The molecule has 0 spiro atoms. The van der Waals surface area contributed by atoms with E-state index in [0.717, 1.165) is 12.1 Å². The number of halogens is 2. The second kappa shape index (κ2) is 3.64. The molecule has 4 nitrogen and oxygen atoms in total. The minimum atomic E-state index is -1.43. The van der Waals surface area contributed by atoms with Gasteiger partial charge in [0.25, 0.3) is 5.91 Å².